The fraction of sp³-hybridized carbons (Fsp3) is 0.308. The van der Waals surface area contributed by atoms with Gasteiger partial charge in [-0.25, -0.2) is 9.18 Å². The van der Waals surface area contributed by atoms with Crippen LogP contribution in [0.15, 0.2) is 75.5 Å². The van der Waals surface area contributed by atoms with Gasteiger partial charge in [0.25, 0.3) is 0 Å². The number of ether oxygens (including phenoxy) is 1. The van der Waals surface area contributed by atoms with Gasteiger partial charge < -0.3 is 10.1 Å². The molecule has 1 heterocycles. The normalized spacial score (nSPS) is 20.9. The molecule has 4 nitrogen and oxygen atoms in total. The smallest absolute Gasteiger partial charge is 0.337 e. The van der Waals surface area contributed by atoms with Crippen molar-refractivity contribution in [3.8, 4) is 0 Å². The molecular weight excluding hydrogens is 473 g/mol. The van der Waals surface area contributed by atoms with E-state index >= 15 is 0 Å². The highest BCUT2D eigenvalue weighted by Crippen LogP contribution is 2.47. The summed E-state index contributed by atoms with van der Waals surface area (Å²) in [7, 11) is 0. The van der Waals surface area contributed by atoms with Crippen molar-refractivity contribution in [2.75, 3.05) is 0 Å². The molecule has 1 N–H and O–H groups in total. The van der Waals surface area contributed by atoms with Gasteiger partial charge in [-0.3, -0.25) is 4.79 Å². The lowest BCUT2D eigenvalue weighted by Gasteiger charge is -2.37. The lowest BCUT2D eigenvalue weighted by atomic mass is 9.71. The average molecular weight is 498 g/mol. The van der Waals surface area contributed by atoms with Crippen LogP contribution in [0.1, 0.15) is 56.6 Å². The van der Waals surface area contributed by atoms with Crippen LogP contribution in [-0.4, -0.2) is 17.9 Å². The quantitative estimate of drug-likeness (QED) is 0.534. The summed E-state index contributed by atoms with van der Waals surface area (Å²) in [6.07, 6.45) is 0.638. The Kier molecular flexibility index (Phi) is 6.33. The summed E-state index contributed by atoms with van der Waals surface area (Å²) in [6.45, 7) is 5.46. The molecule has 0 radical (unpaired) electrons. The van der Waals surface area contributed by atoms with E-state index in [0.29, 0.717) is 29.7 Å². The number of Topliss-reactive ketones (excluding diaryl/α,β-unsaturated/α-hetero) is 1. The summed E-state index contributed by atoms with van der Waals surface area (Å²) in [5.74, 6) is -1.31. The van der Waals surface area contributed by atoms with Gasteiger partial charge in [-0.05, 0) is 62.4 Å². The highest BCUT2D eigenvalue weighted by atomic mass is 79.9. The van der Waals surface area contributed by atoms with Crippen molar-refractivity contribution in [2.45, 2.75) is 51.6 Å². The van der Waals surface area contributed by atoms with Crippen molar-refractivity contribution in [3.63, 3.8) is 0 Å². The van der Waals surface area contributed by atoms with Gasteiger partial charge in [0, 0.05) is 33.8 Å². The largest absolute Gasteiger partial charge is 0.460 e. The number of esters is 1. The van der Waals surface area contributed by atoms with E-state index in [1.807, 2.05) is 31.2 Å². The van der Waals surface area contributed by atoms with Crippen molar-refractivity contribution in [1.29, 1.82) is 0 Å². The molecule has 1 aliphatic heterocycles. The van der Waals surface area contributed by atoms with Crippen LogP contribution in [0.5, 0.6) is 0 Å². The SMILES string of the molecule is CC1=C(C(=O)OC(C)C)[C@H](c2ccccc2Br)C2=C(C[C@H](c3ccc(F)cc3)CC2=O)N1. The van der Waals surface area contributed by atoms with E-state index in [-0.39, 0.29) is 23.6 Å². The number of allylic oxidation sites excluding steroid dienone is 3. The molecule has 2 aromatic carbocycles. The molecule has 166 valence electrons. The van der Waals surface area contributed by atoms with E-state index in [1.165, 1.54) is 12.1 Å². The number of carbonyl (C=O) groups is 2. The molecule has 2 aliphatic rings. The minimum absolute atomic E-state index is 0.0174. The van der Waals surface area contributed by atoms with Crippen molar-refractivity contribution in [2.24, 2.45) is 0 Å². The minimum atomic E-state index is -0.519. The van der Waals surface area contributed by atoms with Crippen LogP contribution >= 0.6 is 15.9 Å². The number of hydrogen-bond acceptors (Lipinski definition) is 4. The molecule has 0 saturated heterocycles. The van der Waals surface area contributed by atoms with E-state index < -0.39 is 11.9 Å². The van der Waals surface area contributed by atoms with E-state index in [0.717, 1.165) is 21.3 Å². The van der Waals surface area contributed by atoms with Crippen molar-refractivity contribution in [3.05, 3.63) is 92.5 Å². The molecule has 0 unspecified atom stereocenters. The Labute approximate surface area is 195 Å². The first-order valence-corrected chi connectivity index (χ1v) is 11.5. The lowest BCUT2D eigenvalue weighted by Crippen LogP contribution is -2.36. The van der Waals surface area contributed by atoms with Gasteiger partial charge in [0.2, 0.25) is 0 Å². The summed E-state index contributed by atoms with van der Waals surface area (Å²) in [5, 5.41) is 3.33. The number of benzene rings is 2. The van der Waals surface area contributed by atoms with Crippen LogP contribution in [0.25, 0.3) is 0 Å². The Hall–Kier alpha value is -2.73. The van der Waals surface area contributed by atoms with Crippen LogP contribution in [-0.2, 0) is 14.3 Å². The third-order valence-corrected chi connectivity index (χ3v) is 6.67. The van der Waals surface area contributed by atoms with Gasteiger partial charge in [-0.15, -0.1) is 0 Å². The number of rotatable bonds is 4. The monoisotopic (exact) mass is 497 g/mol. The van der Waals surface area contributed by atoms with Gasteiger partial charge in [-0.2, -0.15) is 0 Å². The van der Waals surface area contributed by atoms with Crippen LogP contribution in [0.2, 0.25) is 0 Å². The van der Waals surface area contributed by atoms with E-state index in [2.05, 4.69) is 21.2 Å². The van der Waals surface area contributed by atoms with E-state index in [9.17, 15) is 14.0 Å². The molecule has 32 heavy (non-hydrogen) atoms. The molecule has 0 saturated carbocycles. The second kappa shape index (κ2) is 9.02. The highest BCUT2D eigenvalue weighted by Gasteiger charge is 2.42. The molecule has 4 rings (SSSR count). The lowest BCUT2D eigenvalue weighted by molar-refractivity contribution is -0.143. The van der Waals surface area contributed by atoms with Crippen LogP contribution in [0.4, 0.5) is 4.39 Å². The van der Waals surface area contributed by atoms with Gasteiger partial charge in [0.05, 0.1) is 11.7 Å². The first-order chi connectivity index (χ1) is 15.3. The van der Waals surface area contributed by atoms with Crippen molar-refractivity contribution in [1.82, 2.24) is 5.32 Å². The van der Waals surface area contributed by atoms with E-state index in [4.69, 9.17) is 4.74 Å². The summed E-state index contributed by atoms with van der Waals surface area (Å²) < 4.78 is 19.8. The number of hydrogen-bond donors (Lipinski definition) is 1. The zero-order chi connectivity index (χ0) is 23.0. The second-order valence-electron chi connectivity index (χ2n) is 8.54. The molecule has 1 aliphatic carbocycles. The molecule has 2 atom stereocenters. The molecular formula is C26H25BrFNO3. The number of nitrogens with one attached hydrogen (secondary N) is 1. The predicted molar refractivity (Wildman–Crippen MR) is 124 cm³/mol. The fourth-order valence-electron chi connectivity index (χ4n) is 4.58. The van der Waals surface area contributed by atoms with E-state index in [1.54, 1.807) is 26.0 Å². The zero-order valence-corrected chi connectivity index (χ0v) is 19.8. The van der Waals surface area contributed by atoms with Crippen LogP contribution in [0, 0.1) is 5.82 Å². The Morgan fingerprint density at radius 1 is 1.12 bits per heavy atom. The molecule has 0 bridgehead atoms. The third-order valence-electron chi connectivity index (χ3n) is 5.95. The first-order valence-electron chi connectivity index (χ1n) is 10.7. The minimum Gasteiger partial charge on any atom is -0.460 e. The highest BCUT2D eigenvalue weighted by molar-refractivity contribution is 9.10. The van der Waals surface area contributed by atoms with Gasteiger partial charge in [0.1, 0.15) is 5.82 Å². The average Bonchev–Trinajstić information content (AvgIpc) is 2.73. The maximum absolute atomic E-state index is 13.5. The zero-order valence-electron chi connectivity index (χ0n) is 18.2. The predicted octanol–water partition coefficient (Wildman–Crippen LogP) is 5.90. The van der Waals surface area contributed by atoms with Crippen molar-refractivity contribution >= 4 is 27.7 Å². The van der Waals surface area contributed by atoms with Gasteiger partial charge in [0.15, 0.2) is 5.78 Å². The Balaban J connectivity index is 1.80. The summed E-state index contributed by atoms with van der Waals surface area (Å²) in [6, 6.07) is 14.0. The molecule has 6 heteroatoms. The number of halogens is 2. The Morgan fingerprint density at radius 2 is 1.81 bits per heavy atom. The topological polar surface area (TPSA) is 55.4 Å². The second-order valence-corrected chi connectivity index (χ2v) is 9.40. The van der Waals surface area contributed by atoms with Crippen LogP contribution < -0.4 is 5.32 Å². The molecule has 2 aromatic rings. The third kappa shape index (κ3) is 4.29. The molecule has 0 fully saturated rings. The maximum Gasteiger partial charge on any atom is 0.337 e. The standard InChI is InChI=1S/C26H25BrFNO3/c1-14(2)32-26(31)23-15(3)29-21-12-17(16-8-10-18(28)11-9-16)13-22(30)25(21)24(23)19-6-4-5-7-20(19)27/h4-11,14,17,24,29H,12-13H2,1-3H3/t17-,24-/m0/s1. The van der Waals surface area contributed by atoms with Gasteiger partial charge >= 0.3 is 5.97 Å². The summed E-state index contributed by atoms with van der Waals surface area (Å²) in [5.41, 5.74) is 4.34. The fourth-order valence-corrected chi connectivity index (χ4v) is 5.09. The summed E-state index contributed by atoms with van der Waals surface area (Å²) in [4.78, 5) is 26.6. The number of carbonyl (C=O) groups excluding carboxylic acids is 2. The molecule has 0 aromatic heterocycles. The maximum atomic E-state index is 13.5. The van der Waals surface area contributed by atoms with Crippen LogP contribution in [0.3, 0.4) is 0 Å². The Morgan fingerprint density at radius 3 is 2.47 bits per heavy atom. The first kappa shape index (κ1) is 22.5. The molecule has 0 amide bonds. The Bertz CT molecular complexity index is 1130. The number of dihydropyridines is 1. The summed E-state index contributed by atoms with van der Waals surface area (Å²) >= 11 is 3.61. The number of ketones is 1. The van der Waals surface area contributed by atoms with Gasteiger partial charge in [-0.1, -0.05) is 46.3 Å². The molecule has 0 spiro atoms. The van der Waals surface area contributed by atoms with Crippen molar-refractivity contribution < 1.29 is 18.7 Å².